The molecule has 0 saturated heterocycles. The molecule has 0 spiro atoms. The molecule has 4 N–H and O–H groups in total. The summed E-state index contributed by atoms with van der Waals surface area (Å²) >= 11 is 0. The standard InChI is InChI=1S/C19H20N2O3/c20-18(24)19(11-16(22)12-19)21-17(23)10-13-6-8-15(9-7-13)14-4-2-1-3-5-14/h1-9,16,22H,10-12H2,(H2,20,24)(H,21,23). The Morgan fingerprint density at radius 1 is 1.04 bits per heavy atom. The summed E-state index contributed by atoms with van der Waals surface area (Å²) in [6, 6.07) is 17.7. The van der Waals surface area contributed by atoms with E-state index >= 15 is 0 Å². The Bertz CT molecular complexity index is 735. The Hall–Kier alpha value is -2.66. The lowest BCUT2D eigenvalue weighted by molar-refractivity contribution is -0.140. The first-order valence-electron chi connectivity index (χ1n) is 7.92. The molecule has 5 nitrogen and oxygen atoms in total. The highest BCUT2D eigenvalue weighted by Crippen LogP contribution is 2.32. The number of amides is 2. The first kappa shape index (κ1) is 16.2. The normalized spacial score (nSPS) is 22.5. The minimum absolute atomic E-state index is 0.167. The molecule has 5 heteroatoms. The summed E-state index contributed by atoms with van der Waals surface area (Å²) in [7, 11) is 0. The Labute approximate surface area is 140 Å². The van der Waals surface area contributed by atoms with Crippen LogP contribution in [-0.4, -0.2) is 28.6 Å². The molecule has 1 saturated carbocycles. The summed E-state index contributed by atoms with van der Waals surface area (Å²) in [6.07, 6.45) is -0.0506. The zero-order valence-corrected chi connectivity index (χ0v) is 13.2. The average Bonchev–Trinajstić information content (AvgIpc) is 2.54. The van der Waals surface area contributed by atoms with Gasteiger partial charge < -0.3 is 16.2 Å². The van der Waals surface area contributed by atoms with Gasteiger partial charge in [-0.3, -0.25) is 9.59 Å². The van der Waals surface area contributed by atoms with Crippen molar-refractivity contribution in [3.63, 3.8) is 0 Å². The van der Waals surface area contributed by atoms with Crippen LogP contribution in [0.15, 0.2) is 54.6 Å². The molecule has 3 rings (SSSR count). The smallest absolute Gasteiger partial charge is 0.243 e. The van der Waals surface area contributed by atoms with E-state index in [1.807, 2.05) is 54.6 Å². The fourth-order valence-electron chi connectivity index (χ4n) is 3.05. The Morgan fingerprint density at radius 2 is 1.62 bits per heavy atom. The lowest BCUT2D eigenvalue weighted by Crippen LogP contribution is -2.66. The summed E-state index contributed by atoms with van der Waals surface area (Å²) < 4.78 is 0. The number of aliphatic hydroxyl groups is 1. The molecule has 2 aromatic rings. The van der Waals surface area contributed by atoms with Crippen LogP contribution in [0.2, 0.25) is 0 Å². The predicted octanol–water partition coefficient (Wildman–Crippen LogP) is 1.39. The third-order valence-corrected chi connectivity index (χ3v) is 4.44. The predicted molar refractivity (Wildman–Crippen MR) is 90.9 cm³/mol. The molecule has 0 unspecified atom stereocenters. The molecule has 0 bridgehead atoms. The largest absolute Gasteiger partial charge is 0.393 e. The van der Waals surface area contributed by atoms with E-state index in [2.05, 4.69) is 5.32 Å². The maximum absolute atomic E-state index is 12.2. The van der Waals surface area contributed by atoms with Crippen LogP contribution < -0.4 is 11.1 Å². The number of hydrogen-bond acceptors (Lipinski definition) is 3. The molecule has 2 aromatic carbocycles. The molecular formula is C19H20N2O3. The first-order chi connectivity index (χ1) is 11.5. The van der Waals surface area contributed by atoms with Gasteiger partial charge in [0.15, 0.2) is 0 Å². The van der Waals surface area contributed by atoms with Crippen molar-refractivity contribution in [3.8, 4) is 11.1 Å². The second kappa shape index (κ2) is 6.45. The van der Waals surface area contributed by atoms with E-state index in [0.717, 1.165) is 16.7 Å². The minimum Gasteiger partial charge on any atom is -0.393 e. The highest BCUT2D eigenvalue weighted by Gasteiger charge is 2.49. The summed E-state index contributed by atoms with van der Waals surface area (Å²) in [4.78, 5) is 23.7. The van der Waals surface area contributed by atoms with Crippen molar-refractivity contribution in [2.24, 2.45) is 5.73 Å². The van der Waals surface area contributed by atoms with Gasteiger partial charge in [-0.1, -0.05) is 54.6 Å². The number of benzene rings is 2. The van der Waals surface area contributed by atoms with Crippen LogP contribution in [0.1, 0.15) is 18.4 Å². The van der Waals surface area contributed by atoms with Gasteiger partial charge in [-0.15, -0.1) is 0 Å². The van der Waals surface area contributed by atoms with E-state index in [0.29, 0.717) is 0 Å². The van der Waals surface area contributed by atoms with Crippen LogP contribution in [0.3, 0.4) is 0 Å². The molecule has 124 valence electrons. The van der Waals surface area contributed by atoms with E-state index in [-0.39, 0.29) is 25.2 Å². The van der Waals surface area contributed by atoms with Crippen LogP contribution in [-0.2, 0) is 16.0 Å². The highest BCUT2D eigenvalue weighted by atomic mass is 16.3. The summed E-state index contributed by atoms with van der Waals surface area (Å²) in [5, 5.41) is 12.1. The van der Waals surface area contributed by atoms with Crippen LogP contribution in [0, 0.1) is 0 Å². The highest BCUT2D eigenvalue weighted by molar-refractivity contribution is 5.92. The summed E-state index contributed by atoms with van der Waals surface area (Å²) in [5.41, 5.74) is 7.31. The number of nitrogens with one attached hydrogen (secondary N) is 1. The first-order valence-corrected chi connectivity index (χ1v) is 7.92. The van der Waals surface area contributed by atoms with E-state index in [9.17, 15) is 14.7 Å². The van der Waals surface area contributed by atoms with Gasteiger partial charge in [-0.2, -0.15) is 0 Å². The van der Waals surface area contributed by atoms with Crippen LogP contribution in [0.5, 0.6) is 0 Å². The number of hydrogen-bond donors (Lipinski definition) is 3. The number of primary amides is 1. The third kappa shape index (κ3) is 3.31. The van der Waals surface area contributed by atoms with Gasteiger partial charge in [-0.05, 0) is 16.7 Å². The maximum Gasteiger partial charge on any atom is 0.243 e. The molecule has 0 aliphatic heterocycles. The third-order valence-electron chi connectivity index (χ3n) is 4.44. The second-order valence-electron chi connectivity index (χ2n) is 6.30. The quantitative estimate of drug-likeness (QED) is 0.776. The van der Waals surface area contributed by atoms with Gasteiger partial charge in [0.2, 0.25) is 11.8 Å². The number of carbonyl (C=O) groups excluding carboxylic acids is 2. The summed E-state index contributed by atoms with van der Waals surface area (Å²) in [6.45, 7) is 0. The molecule has 2 amide bonds. The fourth-order valence-corrected chi connectivity index (χ4v) is 3.05. The lowest BCUT2D eigenvalue weighted by Gasteiger charge is -2.43. The van der Waals surface area contributed by atoms with E-state index in [4.69, 9.17) is 5.73 Å². The van der Waals surface area contributed by atoms with Crippen molar-refractivity contribution in [3.05, 3.63) is 60.2 Å². The second-order valence-corrected chi connectivity index (χ2v) is 6.30. The van der Waals surface area contributed by atoms with E-state index in [1.54, 1.807) is 0 Å². The van der Waals surface area contributed by atoms with Crippen molar-refractivity contribution < 1.29 is 14.7 Å². The molecule has 0 aromatic heterocycles. The topological polar surface area (TPSA) is 92.4 Å². The van der Waals surface area contributed by atoms with Crippen molar-refractivity contribution >= 4 is 11.8 Å². The zero-order valence-electron chi connectivity index (χ0n) is 13.2. The van der Waals surface area contributed by atoms with Crippen LogP contribution in [0.4, 0.5) is 0 Å². The van der Waals surface area contributed by atoms with Crippen molar-refractivity contribution in [1.29, 1.82) is 0 Å². The van der Waals surface area contributed by atoms with Gasteiger partial charge in [0.05, 0.1) is 12.5 Å². The van der Waals surface area contributed by atoms with Crippen molar-refractivity contribution in [1.82, 2.24) is 5.32 Å². The molecule has 1 fully saturated rings. The lowest BCUT2D eigenvalue weighted by atomic mass is 9.73. The Kier molecular flexibility index (Phi) is 4.36. The number of aliphatic hydroxyl groups excluding tert-OH is 1. The van der Waals surface area contributed by atoms with Crippen molar-refractivity contribution in [2.75, 3.05) is 0 Å². The molecule has 1 aliphatic carbocycles. The van der Waals surface area contributed by atoms with Gasteiger partial charge in [0, 0.05) is 12.8 Å². The van der Waals surface area contributed by atoms with Crippen LogP contribution >= 0.6 is 0 Å². The zero-order chi connectivity index (χ0) is 17.2. The van der Waals surface area contributed by atoms with Gasteiger partial charge in [-0.25, -0.2) is 0 Å². The van der Waals surface area contributed by atoms with E-state index < -0.39 is 17.6 Å². The average molecular weight is 324 g/mol. The molecule has 0 atom stereocenters. The SMILES string of the molecule is NC(=O)C1(NC(=O)Cc2ccc(-c3ccccc3)cc2)CC(O)C1. The maximum atomic E-state index is 12.2. The molecule has 0 heterocycles. The van der Waals surface area contributed by atoms with Crippen LogP contribution in [0.25, 0.3) is 11.1 Å². The monoisotopic (exact) mass is 324 g/mol. The minimum atomic E-state index is -1.10. The molecule has 24 heavy (non-hydrogen) atoms. The Balaban J connectivity index is 1.64. The molecular weight excluding hydrogens is 304 g/mol. The number of rotatable bonds is 5. The summed E-state index contributed by atoms with van der Waals surface area (Å²) in [5.74, 6) is -0.867. The van der Waals surface area contributed by atoms with Gasteiger partial charge in [0.25, 0.3) is 0 Å². The number of nitrogens with two attached hydrogens (primary N) is 1. The Morgan fingerprint density at radius 3 is 2.17 bits per heavy atom. The molecule has 1 aliphatic rings. The van der Waals surface area contributed by atoms with Crippen molar-refractivity contribution in [2.45, 2.75) is 30.9 Å². The fraction of sp³-hybridized carbons (Fsp3) is 0.263. The van der Waals surface area contributed by atoms with Gasteiger partial charge >= 0.3 is 0 Å². The number of carbonyl (C=O) groups is 2. The molecule has 0 radical (unpaired) electrons. The van der Waals surface area contributed by atoms with Gasteiger partial charge in [0.1, 0.15) is 5.54 Å². The van der Waals surface area contributed by atoms with E-state index in [1.165, 1.54) is 0 Å².